The molecular formula is C13H17N. The lowest BCUT2D eigenvalue weighted by Crippen LogP contribution is -2.09. The van der Waals surface area contributed by atoms with Crippen LogP contribution in [0, 0.1) is 0 Å². The van der Waals surface area contributed by atoms with E-state index in [2.05, 4.69) is 23.5 Å². The third-order valence-electron chi connectivity index (χ3n) is 3.68. The molecule has 1 heteroatoms. The SMILES string of the molecule is c1cc2c(c([C@@H]3CCNC3)c1)CCC2. The van der Waals surface area contributed by atoms with Crippen molar-refractivity contribution in [2.24, 2.45) is 0 Å². The topological polar surface area (TPSA) is 12.0 Å². The monoisotopic (exact) mass is 187 g/mol. The molecule has 1 fully saturated rings. The van der Waals surface area contributed by atoms with Gasteiger partial charge in [0.15, 0.2) is 0 Å². The minimum absolute atomic E-state index is 0.794. The van der Waals surface area contributed by atoms with Gasteiger partial charge in [-0.25, -0.2) is 0 Å². The molecule has 0 spiro atoms. The molecule has 14 heavy (non-hydrogen) atoms. The molecule has 0 saturated carbocycles. The van der Waals surface area contributed by atoms with Crippen LogP contribution < -0.4 is 5.32 Å². The minimum atomic E-state index is 0.794. The quantitative estimate of drug-likeness (QED) is 0.711. The first kappa shape index (κ1) is 8.49. The van der Waals surface area contributed by atoms with Crippen molar-refractivity contribution in [3.8, 4) is 0 Å². The van der Waals surface area contributed by atoms with Crippen molar-refractivity contribution in [3.05, 3.63) is 34.9 Å². The second kappa shape index (κ2) is 3.39. The molecule has 1 nitrogen and oxygen atoms in total. The van der Waals surface area contributed by atoms with Crippen molar-refractivity contribution < 1.29 is 0 Å². The fraction of sp³-hybridized carbons (Fsp3) is 0.538. The molecule has 1 N–H and O–H groups in total. The van der Waals surface area contributed by atoms with E-state index in [0.29, 0.717) is 0 Å². The molecule has 1 atom stereocenters. The zero-order valence-corrected chi connectivity index (χ0v) is 8.55. The molecule has 1 aliphatic heterocycles. The fourth-order valence-electron chi connectivity index (χ4n) is 2.95. The van der Waals surface area contributed by atoms with Crippen LogP contribution in [0.5, 0.6) is 0 Å². The van der Waals surface area contributed by atoms with E-state index < -0.39 is 0 Å². The number of hydrogen-bond acceptors (Lipinski definition) is 1. The van der Waals surface area contributed by atoms with Gasteiger partial charge in [0.1, 0.15) is 0 Å². The average molecular weight is 187 g/mol. The van der Waals surface area contributed by atoms with Crippen LogP contribution in [0.2, 0.25) is 0 Å². The van der Waals surface area contributed by atoms with Crippen molar-refractivity contribution in [2.45, 2.75) is 31.6 Å². The molecule has 1 aromatic rings. The van der Waals surface area contributed by atoms with Crippen LogP contribution in [0.3, 0.4) is 0 Å². The van der Waals surface area contributed by atoms with Crippen molar-refractivity contribution in [1.29, 1.82) is 0 Å². The van der Waals surface area contributed by atoms with Gasteiger partial charge >= 0.3 is 0 Å². The Morgan fingerprint density at radius 3 is 3.07 bits per heavy atom. The Kier molecular flexibility index (Phi) is 2.06. The normalized spacial score (nSPS) is 25.3. The molecule has 1 aliphatic carbocycles. The third kappa shape index (κ3) is 1.27. The second-order valence-corrected chi connectivity index (χ2v) is 4.53. The van der Waals surface area contributed by atoms with E-state index in [9.17, 15) is 0 Å². The predicted molar refractivity (Wildman–Crippen MR) is 58.7 cm³/mol. The van der Waals surface area contributed by atoms with Gasteiger partial charge in [-0.3, -0.25) is 0 Å². The van der Waals surface area contributed by atoms with Crippen molar-refractivity contribution in [1.82, 2.24) is 5.32 Å². The van der Waals surface area contributed by atoms with Crippen LogP contribution in [-0.4, -0.2) is 13.1 Å². The van der Waals surface area contributed by atoms with E-state index in [-0.39, 0.29) is 0 Å². The largest absolute Gasteiger partial charge is 0.316 e. The van der Waals surface area contributed by atoms with Gasteiger partial charge in [0.2, 0.25) is 0 Å². The summed E-state index contributed by atoms with van der Waals surface area (Å²) in [5.41, 5.74) is 4.94. The molecular weight excluding hydrogens is 170 g/mol. The Morgan fingerprint density at radius 2 is 2.21 bits per heavy atom. The van der Waals surface area contributed by atoms with Gasteiger partial charge in [0.05, 0.1) is 0 Å². The van der Waals surface area contributed by atoms with Gasteiger partial charge in [0, 0.05) is 6.54 Å². The molecule has 0 unspecified atom stereocenters. The van der Waals surface area contributed by atoms with E-state index in [4.69, 9.17) is 0 Å². The van der Waals surface area contributed by atoms with Gasteiger partial charge in [-0.15, -0.1) is 0 Å². The van der Waals surface area contributed by atoms with Crippen LogP contribution in [0.4, 0.5) is 0 Å². The summed E-state index contributed by atoms with van der Waals surface area (Å²) >= 11 is 0. The zero-order chi connectivity index (χ0) is 9.38. The van der Waals surface area contributed by atoms with E-state index in [1.54, 1.807) is 16.7 Å². The lowest BCUT2D eigenvalue weighted by atomic mass is 9.91. The van der Waals surface area contributed by atoms with Gasteiger partial charge in [-0.05, 0) is 54.8 Å². The van der Waals surface area contributed by atoms with E-state index in [1.807, 2.05) is 0 Å². The molecule has 1 aromatic carbocycles. The highest BCUT2D eigenvalue weighted by molar-refractivity contribution is 5.41. The zero-order valence-electron chi connectivity index (χ0n) is 8.55. The number of nitrogens with one attached hydrogen (secondary N) is 1. The lowest BCUT2D eigenvalue weighted by Gasteiger charge is -2.13. The first-order valence-electron chi connectivity index (χ1n) is 5.76. The maximum atomic E-state index is 3.46. The summed E-state index contributed by atoms with van der Waals surface area (Å²) in [6.45, 7) is 2.39. The summed E-state index contributed by atoms with van der Waals surface area (Å²) in [4.78, 5) is 0. The molecule has 0 amide bonds. The molecule has 1 heterocycles. The highest BCUT2D eigenvalue weighted by Gasteiger charge is 2.22. The molecule has 0 radical (unpaired) electrons. The molecule has 74 valence electrons. The summed E-state index contributed by atoms with van der Waals surface area (Å²) in [7, 11) is 0. The minimum Gasteiger partial charge on any atom is -0.316 e. The first-order valence-corrected chi connectivity index (χ1v) is 5.76. The summed E-state index contributed by atoms with van der Waals surface area (Å²) in [5.74, 6) is 0.794. The van der Waals surface area contributed by atoms with Crippen LogP contribution >= 0.6 is 0 Å². The van der Waals surface area contributed by atoms with E-state index in [1.165, 1.54) is 38.8 Å². The Balaban J connectivity index is 2.00. The first-order chi connectivity index (χ1) is 6.95. The molecule has 1 saturated heterocycles. The Morgan fingerprint density at radius 1 is 1.21 bits per heavy atom. The summed E-state index contributed by atoms with van der Waals surface area (Å²) in [6, 6.07) is 6.91. The third-order valence-corrected chi connectivity index (χ3v) is 3.68. The Hall–Kier alpha value is -0.820. The standard InChI is InChI=1S/C13H17N/c1-3-10-4-2-6-13(12(10)5-1)11-7-8-14-9-11/h2,4,6,11,14H,1,3,5,7-9H2/t11-/m1/s1. The molecule has 2 aliphatic rings. The summed E-state index contributed by atoms with van der Waals surface area (Å²) in [5, 5.41) is 3.46. The number of fused-ring (bicyclic) bond motifs is 1. The molecule has 3 rings (SSSR count). The molecule has 0 bridgehead atoms. The number of hydrogen-bond donors (Lipinski definition) is 1. The maximum absolute atomic E-state index is 3.46. The summed E-state index contributed by atoms with van der Waals surface area (Å²) in [6.07, 6.45) is 5.33. The van der Waals surface area contributed by atoms with Crippen LogP contribution in [-0.2, 0) is 12.8 Å². The number of aryl methyl sites for hydroxylation is 1. The van der Waals surface area contributed by atoms with Gasteiger partial charge in [0.25, 0.3) is 0 Å². The fourth-order valence-corrected chi connectivity index (χ4v) is 2.95. The van der Waals surface area contributed by atoms with Gasteiger partial charge in [-0.2, -0.15) is 0 Å². The van der Waals surface area contributed by atoms with E-state index in [0.717, 1.165) is 5.92 Å². The number of benzene rings is 1. The maximum Gasteiger partial charge on any atom is 0.00207 e. The second-order valence-electron chi connectivity index (χ2n) is 4.53. The van der Waals surface area contributed by atoms with Crippen LogP contribution in [0.1, 0.15) is 35.4 Å². The summed E-state index contributed by atoms with van der Waals surface area (Å²) < 4.78 is 0. The Bertz CT molecular complexity index is 337. The van der Waals surface area contributed by atoms with Gasteiger partial charge in [-0.1, -0.05) is 18.2 Å². The highest BCUT2D eigenvalue weighted by Crippen LogP contribution is 2.32. The van der Waals surface area contributed by atoms with Crippen molar-refractivity contribution >= 4 is 0 Å². The average Bonchev–Trinajstić information content (AvgIpc) is 2.88. The number of rotatable bonds is 1. The Labute approximate surface area is 85.5 Å². The van der Waals surface area contributed by atoms with Crippen molar-refractivity contribution in [2.75, 3.05) is 13.1 Å². The smallest absolute Gasteiger partial charge is 0.00207 e. The van der Waals surface area contributed by atoms with E-state index >= 15 is 0 Å². The van der Waals surface area contributed by atoms with Crippen LogP contribution in [0.25, 0.3) is 0 Å². The van der Waals surface area contributed by atoms with Crippen LogP contribution in [0.15, 0.2) is 18.2 Å². The molecule has 0 aromatic heterocycles. The van der Waals surface area contributed by atoms with Gasteiger partial charge < -0.3 is 5.32 Å². The predicted octanol–water partition coefficient (Wildman–Crippen LogP) is 2.25. The lowest BCUT2D eigenvalue weighted by molar-refractivity contribution is 0.751. The van der Waals surface area contributed by atoms with Crippen molar-refractivity contribution in [3.63, 3.8) is 0 Å². The highest BCUT2D eigenvalue weighted by atomic mass is 14.9.